The van der Waals surface area contributed by atoms with E-state index >= 15 is 0 Å². The molecular formula is C29H40O8. The van der Waals surface area contributed by atoms with E-state index < -0.39 is 82.2 Å². The lowest BCUT2D eigenvalue weighted by molar-refractivity contribution is -0.228. The Morgan fingerprint density at radius 3 is 2.38 bits per heavy atom. The predicted octanol–water partition coefficient (Wildman–Crippen LogP) is 2.65. The van der Waals surface area contributed by atoms with Gasteiger partial charge in [-0.05, 0) is 31.9 Å². The van der Waals surface area contributed by atoms with Crippen molar-refractivity contribution in [2.24, 2.45) is 35.0 Å². The normalized spacial score (nSPS) is 42.1. The maximum absolute atomic E-state index is 13.2. The highest BCUT2D eigenvalue weighted by Crippen LogP contribution is 2.77. The predicted molar refractivity (Wildman–Crippen MR) is 135 cm³/mol. The van der Waals surface area contributed by atoms with Gasteiger partial charge in [0, 0.05) is 41.1 Å². The molecule has 2 saturated carbocycles. The van der Waals surface area contributed by atoms with Gasteiger partial charge in [-0.3, -0.25) is 9.59 Å². The third-order valence-electron chi connectivity index (χ3n) is 9.69. The van der Waals surface area contributed by atoms with Gasteiger partial charge in [0.15, 0.2) is 11.4 Å². The number of ketones is 1. The van der Waals surface area contributed by atoms with Crippen molar-refractivity contribution in [3.63, 3.8) is 0 Å². The van der Waals surface area contributed by atoms with Crippen molar-refractivity contribution < 1.29 is 39.2 Å². The molecule has 0 spiro atoms. The standard InChI is InChI=1S/C29H40O8/c1-9-15(4)25(33)36-23-17(6)28(35)19(21-26(7,8)29(21,23)37-24(32)14(2)3)11-18(13-30)12-27(34)20(28)10-16(5)22(27)31/h9-11,14,17,19-21,23,30,34-35H,12-13H2,1-8H3/b15-9+/t17-,19?,20?,21-,23-,27-,28-,29-/m0/s1. The summed E-state index contributed by atoms with van der Waals surface area (Å²) in [7, 11) is 0. The monoisotopic (exact) mass is 516 g/mol. The van der Waals surface area contributed by atoms with E-state index in [2.05, 4.69) is 0 Å². The highest BCUT2D eigenvalue weighted by atomic mass is 16.6. The molecule has 204 valence electrons. The van der Waals surface area contributed by atoms with Crippen LogP contribution in [0.25, 0.3) is 0 Å². The summed E-state index contributed by atoms with van der Waals surface area (Å²) in [5.74, 6) is -5.00. The summed E-state index contributed by atoms with van der Waals surface area (Å²) >= 11 is 0. The quantitative estimate of drug-likeness (QED) is 0.289. The van der Waals surface area contributed by atoms with Crippen molar-refractivity contribution >= 4 is 17.7 Å². The van der Waals surface area contributed by atoms with Gasteiger partial charge in [0.2, 0.25) is 0 Å². The minimum atomic E-state index is -1.95. The summed E-state index contributed by atoms with van der Waals surface area (Å²) in [6.45, 7) is 13.5. The Morgan fingerprint density at radius 1 is 1.22 bits per heavy atom. The Bertz CT molecular complexity index is 1130. The minimum Gasteiger partial charge on any atom is -0.454 e. The minimum absolute atomic E-state index is 0.125. The lowest BCUT2D eigenvalue weighted by atomic mass is 9.59. The molecule has 4 rings (SSSR count). The average Bonchev–Trinajstić information content (AvgIpc) is 3.26. The van der Waals surface area contributed by atoms with E-state index in [9.17, 15) is 29.7 Å². The fourth-order valence-corrected chi connectivity index (χ4v) is 7.43. The molecule has 8 nitrogen and oxygen atoms in total. The van der Waals surface area contributed by atoms with E-state index in [1.54, 1.807) is 59.8 Å². The van der Waals surface area contributed by atoms with E-state index in [0.29, 0.717) is 16.7 Å². The Balaban J connectivity index is 1.96. The zero-order valence-corrected chi connectivity index (χ0v) is 23.0. The fourth-order valence-electron chi connectivity index (χ4n) is 7.43. The van der Waals surface area contributed by atoms with Crippen LogP contribution in [0.1, 0.15) is 61.8 Å². The van der Waals surface area contributed by atoms with Crippen LogP contribution in [0.4, 0.5) is 0 Å². The van der Waals surface area contributed by atoms with Gasteiger partial charge in [-0.1, -0.05) is 52.8 Å². The molecule has 8 heteroatoms. The van der Waals surface area contributed by atoms with Crippen molar-refractivity contribution in [2.45, 2.75) is 84.7 Å². The second-order valence-electron chi connectivity index (χ2n) is 12.3. The van der Waals surface area contributed by atoms with E-state index in [-0.39, 0.29) is 6.42 Å². The summed E-state index contributed by atoms with van der Waals surface area (Å²) in [6, 6.07) is 0. The Hall–Kier alpha value is -2.29. The summed E-state index contributed by atoms with van der Waals surface area (Å²) < 4.78 is 12.3. The highest BCUT2D eigenvalue weighted by Gasteiger charge is 2.88. The molecular weight excluding hydrogens is 476 g/mol. The fraction of sp³-hybridized carbons (Fsp3) is 0.690. The third kappa shape index (κ3) is 3.48. The number of aliphatic hydroxyl groups excluding tert-OH is 1. The number of Topliss-reactive ketones (excluding diaryl/α,β-unsaturated/α-hetero) is 1. The molecule has 8 atom stereocenters. The molecule has 4 aliphatic rings. The first-order valence-corrected chi connectivity index (χ1v) is 13.1. The first-order chi connectivity index (χ1) is 17.0. The molecule has 0 bridgehead atoms. The lowest BCUT2D eigenvalue weighted by Gasteiger charge is -2.53. The molecule has 0 saturated heterocycles. The van der Waals surface area contributed by atoms with Crippen LogP contribution in [0, 0.1) is 35.0 Å². The van der Waals surface area contributed by atoms with Crippen LogP contribution in [-0.2, 0) is 23.9 Å². The Morgan fingerprint density at radius 2 is 1.84 bits per heavy atom. The van der Waals surface area contributed by atoms with Gasteiger partial charge in [-0.25, -0.2) is 4.79 Å². The third-order valence-corrected chi connectivity index (χ3v) is 9.69. The van der Waals surface area contributed by atoms with Gasteiger partial charge >= 0.3 is 11.9 Å². The molecule has 37 heavy (non-hydrogen) atoms. The smallest absolute Gasteiger partial charge is 0.333 e. The van der Waals surface area contributed by atoms with Gasteiger partial charge in [-0.2, -0.15) is 0 Å². The lowest BCUT2D eigenvalue weighted by Crippen LogP contribution is -2.66. The molecule has 3 N–H and O–H groups in total. The maximum atomic E-state index is 13.2. The Labute approximate surface area is 218 Å². The topological polar surface area (TPSA) is 130 Å². The zero-order chi connectivity index (χ0) is 27.9. The largest absolute Gasteiger partial charge is 0.454 e. The summed E-state index contributed by atoms with van der Waals surface area (Å²) in [6.07, 6.45) is 3.81. The van der Waals surface area contributed by atoms with E-state index in [4.69, 9.17) is 9.47 Å². The van der Waals surface area contributed by atoms with Crippen molar-refractivity contribution in [3.05, 3.63) is 34.9 Å². The van der Waals surface area contributed by atoms with Crippen LogP contribution in [0.3, 0.4) is 0 Å². The Kier molecular flexibility index (Phi) is 6.46. The number of aliphatic hydroxyl groups is 3. The van der Waals surface area contributed by atoms with Crippen LogP contribution in [0.2, 0.25) is 0 Å². The first kappa shape index (κ1) is 27.7. The summed E-state index contributed by atoms with van der Waals surface area (Å²) in [5.41, 5.74) is -4.51. The maximum Gasteiger partial charge on any atom is 0.333 e. The molecule has 0 heterocycles. The van der Waals surface area contributed by atoms with Gasteiger partial charge in [-0.15, -0.1) is 0 Å². The molecule has 0 aromatic carbocycles. The summed E-state index contributed by atoms with van der Waals surface area (Å²) in [5, 5.41) is 34.6. The molecule has 0 aliphatic heterocycles. The second-order valence-corrected chi connectivity index (χ2v) is 12.3. The van der Waals surface area contributed by atoms with Gasteiger partial charge in [0.25, 0.3) is 0 Å². The average molecular weight is 517 g/mol. The second kappa shape index (κ2) is 8.61. The number of esters is 2. The number of carbonyl (C=O) groups excluding carboxylic acids is 3. The highest BCUT2D eigenvalue weighted by molar-refractivity contribution is 6.04. The number of hydrogen-bond donors (Lipinski definition) is 3. The zero-order valence-electron chi connectivity index (χ0n) is 23.0. The van der Waals surface area contributed by atoms with E-state index in [1.807, 2.05) is 13.8 Å². The molecule has 4 aliphatic carbocycles. The van der Waals surface area contributed by atoms with E-state index in [0.717, 1.165) is 0 Å². The van der Waals surface area contributed by atoms with Crippen LogP contribution >= 0.6 is 0 Å². The molecule has 0 aromatic rings. The number of allylic oxidation sites excluding steroid dienone is 1. The van der Waals surface area contributed by atoms with Crippen molar-refractivity contribution in [2.75, 3.05) is 6.61 Å². The van der Waals surface area contributed by atoms with Crippen molar-refractivity contribution in [1.82, 2.24) is 0 Å². The first-order valence-electron chi connectivity index (χ1n) is 13.1. The number of hydrogen-bond acceptors (Lipinski definition) is 8. The van der Waals surface area contributed by atoms with Gasteiger partial charge in [0.05, 0.1) is 18.1 Å². The number of ether oxygens (including phenoxy) is 2. The molecule has 2 fully saturated rings. The molecule has 0 radical (unpaired) electrons. The van der Waals surface area contributed by atoms with Gasteiger partial charge in [0.1, 0.15) is 11.7 Å². The van der Waals surface area contributed by atoms with E-state index in [1.165, 1.54) is 0 Å². The number of fused-ring (bicyclic) bond motifs is 5. The molecule has 0 amide bonds. The van der Waals surface area contributed by atoms with Crippen molar-refractivity contribution in [1.29, 1.82) is 0 Å². The van der Waals surface area contributed by atoms with Crippen molar-refractivity contribution in [3.8, 4) is 0 Å². The van der Waals surface area contributed by atoms with Gasteiger partial charge < -0.3 is 24.8 Å². The number of carbonyl (C=O) groups is 3. The molecule has 2 unspecified atom stereocenters. The van der Waals surface area contributed by atoms with Crippen LogP contribution in [0.5, 0.6) is 0 Å². The SMILES string of the molecule is C/C=C(\C)C(=O)O[C@H]1[C@H](C)[C@]2(O)C(C=C(CO)C[C@@]3(O)C(=O)C(C)=CC23)[C@H]2C(C)(C)[C@@]12OC(=O)C(C)C. The van der Waals surface area contributed by atoms with Crippen LogP contribution < -0.4 is 0 Å². The number of rotatable bonds is 5. The van der Waals surface area contributed by atoms with Crippen LogP contribution in [0.15, 0.2) is 34.9 Å². The molecule has 0 aromatic heterocycles. The summed E-state index contributed by atoms with van der Waals surface area (Å²) in [4.78, 5) is 39.3. The van der Waals surface area contributed by atoms with Crippen LogP contribution in [-0.4, -0.2) is 62.6 Å².